The lowest BCUT2D eigenvalue weighted by Gasteiger charge is -2.23. The van der Waals surface area contributed by atoms with Gasteiger partial charge >= 0.3 is 0 Å². The van der Waals surface area contributed by atoms with Crippen molar-refractivity contribution >= 4 is 51.0 Å². The molecule has 0 aliphatic heterocycles. The highest BCUT2D eigenvalue weighted by Crippen LogP contribution is 2.23. The van der Waals surface area contributed by atoms with Crippen LogP contribution in [-0.4, -0.2) is 33.3 Å². The second-order valence-corrected chi connectivity index (χ2v) is 8.75. The average molecular weight is 428 g/mol. The summed E-state index contributed by atoms with van der Waals surface area (Å²) in [5, 5.41) is 4.61. The molecule has 0 saturated carbocycles. The predicted octanol–water partition coefficient (Wildman–Crippen LogP) is 3.53. The Labute approximate surface area is 168 Å². The minimum atomic E-state index is -3.65. The van der Waals surface area contributed by atoms with Crippen LogP contribution in [0.25, 0.3) is 0 Å². The second kappa shape index (κ2) is 8.73. The Morgan fingerprint density at radius 1 is 1.15 bits per heavy atom. The molecule has 0 atom stereocenters. The molecular weight excluding hydrogens is 409 g/mol. The normalized spacial score (nSPS) is 11.6. The Hall–Kier alpha value is -2.09. The molecule has 1 N–H and O–H groups in total. The maximum absolute atomic E-state index is 12.2. The van der Waals surface area contributed by atoms with Gasteiger partial charge in [0.25, 0.3) is 5.91 Å². The Morgan fingerprint density at radius 2 is 1.85 bits per heavy atom. The van der Waals surface area contributed by atoms with Crippen molar-refractivity contribution < 1.29 is 13.2 Å². The first-order valence-corrected chi connectivity index (χ1v) is 10.5. The van der Waals surface area contributed by atoms with Gasteiger partial charge in [0, 0.05) is 0 Å². The van der Waals surface area contributed by atoms with E-state index in [1.165, 1.54) is 6.21 Å². The fourth-order valence-electron chi connectivity index (χ4n) is 2.40. The first-order chi connectivity index (χ1) is 12.6. The largest absolute Gasteiger partial charge is 0.271 e. The molecule has 2 aromatic rings. The van der Waals surface area contributed by atoms with Crippen molar-refractivity contribution in [1.29, 1.82) is 0 Å². The summed E-state index contributed by atoms with van der Waals surface area (Å²) >= 11 is 11.8. The van der Waals surface area contributed by atoms with Gasteiger partial charge in [0.2, 0.25) is 10.0 Å². The summed E-state index contributed by atoms with van der Waals surface area (Å²) in [6.07, 6.45) is 2.45. The standard InChI is InChI=1S/C18H19Cl2N3O3S/c1-12-4-7-17(13(2)8-12)23(27(3,25)26)11-18(24)22-21-10-14-5-6-15(19)16(20)9-14/h4-10H,11H2,1-3H3,(H,22,24)/b21-10-. The minimum Gasteiger partial charge on any atom is -0.271 e. The fourth-order valence-corrected chi connectivity index (χ4v) is 3.62. The molecule has 1 amide bonds. The Balaban J connectivity index is 2.12. The number of rotatable bonds is 6. The van der Waals surface area contributed by atoms with Gasteiger partial charge in [-0.1, -0.05) is 47.0 Å². The zero-order chi connectivity index (χ0) is 20.2. The van der Waals surface area contributed by atoms with Crippen molar-refractivity contribution in [1.82, 2.24) is 5.43 Å². The van der Waals surface area contributed by atoms with Gasteiger partial charge < -0.3 is 0 Å². The number of anilines is 1. The number of benzene rings is 2. The lowest BCUT2D eigenvalue weighted by Crippen LogP contribution is -2.39. The van der Waals surface area contributed by atoms with Gasteiger partial charge in [-0.05, 0) is 43.2 Å². The van der Waals surface area contributed by atoms with Crippen LogP contribution >= 0.6 is 23.2 Å². The highest BCUT2D eigenvalue weighted by Gasteiger charge is 2.22. The monoisotopic (exact) mass is 427 g/mol. The molecule has 6 nitrogen and oxygen atoms in total. The molecule has 0 saturated heterocycles. The smallest absolute Gasteiger partial charge is 0.260 e. The van der Waals surface area contributed by atoms with Crippen LogP contribution in [0.5, 0.6) is 0 Å². The summed E-state index contributed by atoms with van der Waals surface area (Å²) in [6.45, 7) is 3.31. The molecule has 2 aromatic carbocycles. The highest BCUT2D eigenvalue weighted by molar-refractivity contribution is 7.92. The summed E-state index contributed by atoms with van der Waals surface area (Å²) in [6, 6.07) is 10.2. The molecule has 0 heterocycles. The molecule has 2 rings (SSSR count). The number of hydrogen-bond acceptors (Lipinski definition) is 4. The van der Waals surface area contributed by atoms with Gasteiger partial charge in [0.05, 0.1) is 28.2 Å². The van der Waals surface area contributed by atoms with Crippen LogP contribution in [0, 0.1) is 13.8 Å². The molecule has 0 fully saturated rings. The maximum atomic E-state index is 12.2. The molecule has 0 unspecified atom stereocenters. The van der Waals surface area contributed by atoms with Gasteiger partial charge in [-0.2, -0.15) is 5.10 Å². The van der Waals surface area contributed by atoms with Crippen LogP contribution in [0.4, 0.5) is 5.69 Å². The van der Waals surface area contributed by atoms with E-state index in [9.17, 15) is 13.2 Å². The average Bonchev–Trinajstić information content (AvgIpc) is 2.55. The quantitative estimate of drug-likeness (QED) is 0.565. The summed E-state index contributed by atoms with van der Waals surface area (Å²) in [7, 11) is -3.65. The van der Waals surface area contributed by atoms with Crippen molar-refractivity contribution in [2.75, 3.05) is 17.1 Å². The van der Waals surface area contributed by atoms with E-state index in [1.807, 2.05) is 13.0 Å². The molecule has 27 heavy (non-hydrogen) atoms. The van der Waals surface area contributed by atoms with E-state index < -0.39 is 15.9 Å². The maximum Gasteiger partial charge on any atom is 0.260 e. The molecule has 0 aliphatic carbocycles. The Kier molecular flexibility index (Phi) is 6.86. The third kappa shape index (κ3) is 5.95. The number of halogens is 2. The van der Waals surface area contributed by atoms with E-state index in [4.69, 9.17) is 23.2 Å². The molecule has 9 heteroatoms. The first kappa shape index (κ1) is 21.2. The summed E-state index contributed by atoms with van der Waals surface area (Å²) in [5.41, 5.74) is 5.16. The van der Waals surface area contributed by atoms with Crippen LogP contribution in [-0.2, 0) is 14.8 Å². The number of amides is 1. The molecule has 0 spiro atoms. The van der Waals surface area contributed by atoms with Gasteiger partial charge in [-0.3, -0.25) is 9.10 Å². The number of hydrazone groups is 1. The predicted molar refractivity (Wildman–Crippen MR) is 110 cm³/mol. The van der Waals surface area contributed by atoms with E-state index in [1.54, 1.807) is 37.3 Å². The number of aryl methyl sites for hydroxylation is 2. The zero-order valence-corrected chi connectivity index (χ0v) is 17.4. The Bertz CT molecular complexity index is 991. The van der Waals surface area contributed by atoms with E-state index in [0.29, 0.717) is 21.3 Å². The summed E-state index contributed by atoms with van der Waals surface area (Å²) in [4.78, 5) is 12.2. The van der Waals surface area contributed by atoms with E-state index in [0.717, 1.165) is 21.7 Å². The Morgan fingerprint density at radius 3 is 2.44 bits per heavy atom. The van der Waals surface area contributed by atoms with E-state index in [-0.39, 0.29) is 6.54 Å². The highest BCUT2D eigenvalue weighted by atomic mass is 35.5. The lowest BCUT2D eigenvalue weighted by molar-refractivity contribution is -0.119. The van der Waals surface area contributed by atoms with Gasteiger partial charge in [0.1, 0.15) is 6.54 Å². The third-order valence-corrected chi connectivity index (χ3v) is 5.52. The molecule has 0 aromatic heterocycles. The van der Waals surface area contributed by atoms with Crippen molar-refractivity contribution in [3.63, 3.8) is 0 Å². The number of nitrogens with one attached hydrogen (secondary N) is 1. The number of carbonyl (C=O) groups is 1. The lowest BCUT2D eigenvalue weighted by atomic mass is 10.1. The molecule has 144 valence electrons. The molecule has 0 radical (unpaired) electrons. The van der Waals surface area contributed by atoms with Crippen molar-refractivity contribution in [2.24, 2.45) is 5.10 Å². The number of hydrogen-bond donors (Lipinski definition) is 1. The van der Waals surface area contributed by atoms with Crippen LogP contribution in [0.3, 0.4) is 0 Å². The summed E-state index contributed by atoms with van der Waals surface area (Å²) < 4.78 is 25.3. The SMILES string of the molecule is Cc1ccc(N(CC(=O)N/N=C\c2ccc(Cl)c(Cl)c2)S(C)(=O)=O)c(C)c1. The van der Waals surface area contributed by atoms with Gasteiger partial charge in [-0.15, -0.1) is 0 Å². The third-order valence-electron chi connectivity index (χ3n) is 3.66. The molecule has 0 aliphatic rings. The van der Waals surface area contributed by atoms with Crippen molar-refractivity contribution in [2.45, 2.75) is 13.8 Å². The van der Waals surface area contributed by atoms with Crippen LogP contribution in [0.1, 0.15) is 16.7 Å². The first-order valence-electron chi connectivity index (χ1n) is 7.90. The minimum absolute atomic E-state index is 0.366. The topological polar surface area (TPSA) is 78.8 Å². The van der Waals surface area contributed by atoms with E-state index in [2.05, 4.69) is 10.5 Å². The van der Waals surface area contributed by atoms with Crippen molar-refractivity contribution in [3.05, 3.63) is 63.1 Å². The fraction of sp³-hybridized carbons (Fsp3) is 0.222. The number of sulfonamides is 1. The molecular formula is C18H19Cl2N3O3S. The van der Waals surface area contributed by atoms with E-state index >= 15 is 0 Å². The van der Waals surface area contributed by atoms with Crippen LogP contribution < -0.4 is 9.73 Å². The van der Waals surface area contributed by atoms with Gasteiger partial charge in [-0.25, -0.2) is 13.8 Å². The van der Waals surface area contributed by atoms with Crippen LogP contribution in [0.15, 0.2) is 41.5 Å². The van der Waals surface area contributed by atoms with Crippen molar-refractivity contribution in [3.8, 4) is 0 Å². The zero-order valence-electron chi connectivity index (χ0n) is 15.0. The number of carbonyl (C=O) groups excluding carboxylic acids is 1. The second-order valence-electron chi connectivity index (χ2n) is 6.03. The number of nitrogens with zero attached hydrogens (tertiary/aromatic N) is 2. The van der Waals surface area contributed by atoms with Gasteiger partial charge in [0.15, 0.2) is 0 Å². The van der Waals surface area contributed by atoms with Crippen LogP contribution in [0.2, 0.25) is 10.0 Å². The molecule has 0 bridgehead atoms. The summed E-state index contributed by atoms with van der Waals surface area (Å²) in [5.74, 6) is -0.572.